The highest BCUT2D eigenvalue weighted by Crippen LogP contribution is 1.84. The van der Waals surface area contributed by atoms with Crippen molar-refractivity contribution in [1.82, 2.24) is 4.90 Å². The van der Waals surface area contributed by atoms with Gasteiger partial charge in [0, 0.05) is 11.0 Å². The molecule has 0 spiro atoms. The fourth-order valence-corrected chi connectivity index (χ4v) is 1.13. The first-order chi connectivity index (χ1) is 3.31. The quantitative estimate of drug-likeness (QED) is 0.561. The van der Waals surface area contributed by atoms with Crippen molar-refractivity contribution in [3.05, 3.63) is 0 Å². The lowest BCUT2D eigenvalue weighted by Gasteiger charge is -2.09. The molecular weight excluding hydrogens is 328 g/mol. The molecule has 0 radical (unpaired) electrons. The molecule has 0 saturated heterocycles. The Kier molecular flexibility index (Phi) is 12.8. The normalized spacial score (nSPS) is 9.00. The minimum atomic E-state index is 0. The highest BCUT2D eigenvalue weighted by Gasteiger charge is 1.87. The fraction of sp³-hybridized carbons (Fsp3) is 1.00. The molecule has 1 nitrogen and oxygen atoms in total. The Morgan fingerprint density at radius 2 is 2.00 bits per heavy atom. The summed E-state index contributed by atoms with van der Waals surface area (Å²) in [6.45, 7) is 4.56. The van der Waals surface area contributed by atoms with E-state index < -0.39 is 0 Å². The van der Waals surface area contributed by atoms with Crippen molar-refractivity contribution in [3.63, 3.8) is 0 Å². The second kappa shape index (κ2) is 8.42. The zero-order chi connectivity index (χ0) is 5.70. The number of rotatable bonds is 3. The molecule has 8 heavy (non-hydrogen) atoms. The maximum absolute atomic E-state index is 2.38. The van der Waals surface area contributed by atoms with Crippen LogP contribution in [0, 0.1) is 0 Å². The van der Waals surface area contributed by atoms with Gasteiger partial charge in [0.2, 0.25) is 0 Å². The fourth-order valence-electron chi connectivity index (χ4n) is 0.302. The van der Waals surface area contributed by atoms with Gasteiger partial charge in [-0.2, -0.15) is 0 Å². The van der Waals surface area contributed by atoms with Crippen molar-refractivity contribution in [1.29, 1.82) is 0 Å². The van der Waals surface area contributed by atoms with Crippen LogP contribution in [0.1, 0.15) is 6.92 Å². The van der Waals surface area contributed by atoms with Crippen molar-refractivity contribution in [2.75, 3.05) is 24.6 Å². The highest BCUT2D eigenvalue weighted by molar-refractivity contribution is 14.1. The Bertz CT molecular complexity index is 41.4. The number of hydrogen-bond acceptors (Lipinski definition) is 1. The lowest BCUT2D eigenvalue weighted by Crippen LogP contribution is -2.19. The molecule has 0 bridgehead atoms. The van der Waals surface area contributed by atoms with E-state index in [1.807, 2.05) is 0 Å². The number of halogens is 2. The van der Waals surface area contributed by atoms with Crippen LogP contribution in [0.4, 0.5) is 0 Å². The second-order valence-corrected chi connectivity index (χ2v) is 2.66. The SMILES string of the molecule is CCN(C)CCI.I. The molecule has 0 fully saturated rings. The number of hydrogen-bond donors (Lipinski definition) is 0. The molecule has 0 saturated carbocycles. The van der Waals surface area contributed by atoms with Gasteiger partial charge in [0.05, 0.1) is 0 Å². The van der Waals surface area contributed by atoms with Gasteiger partial charge in [-0.15, -0.1) is 24.0 Å². The van der Waals surface area contributed by atoms with Gasteiger partial charge in [-0.25, -0.2) is 0 Å². The van der Waals surface area contributed by atoms with Gasteiger partial charge < -0.3 is 4.90 Å². The first-order valence-corrected chi connectivity index (χ1v) is 4.08. The molecule has 0 heterocycles. The highest BCUT2D eigenvalue weighted by atomic mass is 127. The van der Waals surface area contributed by atoms with E-state index in [0.717, 1.165) is 0 Å². The molecule has 3 heteroatoms. The van der Waals surface area contributed by atoms with Gasteiger partial charge in [-0.05, 0) is 13.6 Å². The minimum Gasteiger partial charge on any atom is -0.306 e. The predicted molar refractivity (Wildman–Crippen MR) is 57.5 cm³/mol. The third kappa shape index (κ3) is 7.42. The van der Waals surface area contributed by atoms with Crippen LogP contribution in [-0.4, -0.2) is 29.5 Å². The Balaban J connectivity index is 0. The third-order valence-electron chi connectivity index (χ3n) is 1.01. The molecule has 0 aromatic rings. The van der Waals surface area contributed by atoms with Gasteiger partial charge in [0.25, 0.3) is 0 Å². The van der Waals surface area contributed by atoms with Gasteiger partial charge in [-0.1, -0.05) is 29.5 Å². The molecular formula is C5H13I2N. The predicted octanol–water partition coefficient (Wildman–Crippen LogP) is 1.99. The van der Waals surface area contributed by atoms with Crippen LogP contribution >= 0.6 is 46.6 Å². The van der Waals surface area contributed by atoms with Crippen LogP contribution in [0.15, 0.2) is 0 Å². The monoisotopic (exact) mass is 341 g/mol. The van der Waals surface area contributed by atoms with Crippen molar-refractivity contribution < 1.29 is 0 Å². The van der Waals surface area contributed by atoms with E-state index in [-0.39, 0.29) is 24.0 Å². The number of alkyl halides is 1. The van der Waals surface area contributed by atoms with Crippen molar-refractivity contribution in [2.45, 2.75) is 6.92 Å². The maximum atomic E-state index is 2.38. The van der Waals surface area contributed by atoms with E-state index in [2.05, 4.69) is 41.5 Å². The summed E-state index contributed by atoms with van der Waals surface area (Å²) in [6.07, 6.45) is 0. The molecule has 0 aliphatic heterocycles. The van der Waals surface area contributed by atoms with Crippen molar-refractivity contribution >= 4 is 46.6 Å². The first-order valence-electron chi connectivity index (χ1n) is 2.55. The molecule has 0 amide bonds. The van der Waals surface area contributed by atoms with Crippen LogP contribution in [0.3, 0.4) is 0 Å². The smallest absolute Gasteiger partial charge is 0.0123 e. The molecule has 0 atom stereocenters. The van der Waals surface area contributed by atoms with Crippen LogP contribution in [-0.2, 0) is 0 Å². The zero-order valence-electron chi connectivity index (χ0n) is 5.35. The van der Waals surface area contributed by atoms with Crippen LogP contribution in [0.5, 0.6) is 0 Å². The summed E-state index contributed by atoms with van der Waals surface area (Å²) in [7, 11) is 2.14. The molecule has 0 aliphatic carbocycles. The zero-order valence-corrected chi connectivity index (χ0v) is 9.84. The molecule has 0 aliphatic rings. The Morgan fingerprint density at radius 1 is 1.50 bits per heavy atom. The standard InChI is InChI=1S/C5H12IN.HI/c1-3-7(2)5-4-6;/h3-5H2,1-2H3;1H. The topological polar surface area (TPSA) is 3.24 Å². The molecule has 0 unspecified atom stereocenters. The van der Waals surface area contributed by atoms with Crippen LogP contribution in [0.25, 0.3) is 0 Å². The van der Waals surface area contributed by atoms with Gasteiger partial charge >= 0.3 is 0 Å². The van der Waals surface area contributed by atoms with E-state index in [1.54, 1.807) is 0 Å². The molecule has 0 aromatic heterocycles. The van der Waals surface area contributed by atoms with Gasteiger partial charge in [-0.3, -0.25) is 0 Å². The van der Waals surface area contributed by atoms with Gasteiger partial charge in [0.15, 0.2) is 0 Å². The Labute approximate surface area is 82.4 Å². The van der Waals surface area contributed by atoms with E-state index >= 15 is 0 Å². The number of nitrogens with zero attached hydrogens (tertiary/aromatic N) is 1. The summed E-state index contributed by atoms with van der Waals surface area (Å²) in [4.78, 5) is 2.30. The van der Waals surface area contributed by atoms with Crippen LogP contribution in [0.2, 0.25) is 0 Å². The Hall–Kier alpha value is 1.42. The average Bonchev–Trinajstić information content (AvgIpc) is 1.68. The van der Waals surface area contributed by atoms with E-state index in [0.29, 0.717) is 0 Å². The van der Waals surface area contributed by atoms with Crippen molar-refractivity contribution in [3.8, 4) is 0 Å². The van der Waals surface area contributed by atoms with Crippen LogP contribution < -0.4 is 0 Å². The summed E-state index contributed by atoms with van der Waals surface area (Å²) in [5, 5.41) is 0. The molecule has 52 valence electrons. The summed E-state index contributed by atoms with van der Waals surface area (Å²) in [5.74, 6) is 0. The third-order valence-corrected chi connectivity index (χ3v) is 1.49. The summed E-state index contributed by atoms with van der Waals surface area (Å²) >= 11 is 2.38. The first kappa shape index (κ1) is 12.1. The lowest BCUT2D eigenvalue weighted by atomic mass is 10.6. The Morgan fingerprint density at radius 3 is 2.12 bits per heavy atom. The summed E-state index contributed by atoms with van der Waals surface area (Å²) in [6, 6.07) is 0. The average molecular weight is 341 g/mol. The largest absolute Gasteiger partial charge is 0.306 e. The lowest BCUT2D eigenvalue weighted by molar-refractivity contribution is 0.379. The minimum absolute atomic E-state index is 0. The second-order valence-electron chi connectivity index (χ2n) is 1.58. The van der Waals surface area contributed by atoms with E-state index in [4.69, 9.17) is 0 Å². The summed E-state index contributed by atoms with van der Waals surface area (Å²) in [5.41, 5.74) is 0. The summed E-state index contributed by atoms with van der Waals surface area (Å²) < 4.78 is 1.24. The molecule has 0 aromatic carbocycles. The van der Waals surface area contributed by atoms with E-state index in [1.165, 1.54) is 17.5 Å². The van der Waals surface area contributed by atoms with Gasteiger partial charge in [0.1, 0.15) is 0 Å². The molecule has 0 rings (SSSR count). The maximum Gasteiger partial charge on any atom is 0.0123 e. The molecule has 0 N–H and O–H groups in total. The van der Waals surface area contributed by atoms with E-state index in [9.17, 15) is 0 Å². The van der Waals surface area contributed by atoms with Crippen molar-refractivity contribution in [2.24, 2.45) is 0 Å².